The first-order valence-corrected chi connectivity index (χ1v) is 8.69. The van der Waals surface area contributed by atoms with E-state index in [1.165, 1.54) is 6.92 Å². The van der Waals surface area contributed by atoms with Crippen molar-refractivity contribution < 1.29 is 23.9 Å². The molecule has 0 bridgehead atoms. The largest absolute Gasteiger partial charge is 0.482 e. The number of fused-ring (bicyclic) bond motifs is 1. The van der Waals surface area contributed by atoms with Crippen molar-refractivity contribution in [1.82, 2.24) is 0 Å². The van der Waals surface area contributed by atoms with Crippen LogP contribution in [0, 0.1) is 0 Å². The number of esters is 1. The minimum absolute atomic E-state index is 0.195. The first-order chi connectivity index (χ1) is 13.5. The van der Waals surface area contributed by atoms with E-state index < -0.39 is 5.97 Å². The Hall–Kier alpha value is -3.67. The zero-order valence-corrected chi connectivity index (χ0v) is 15.3. The monoisotopic (exact) mass is 377 g/mol. The number of ether oxygens (including phenoxy) is 2. The molecule has 0 atom stereocenters. The van der Waals surface area contributed by atoms with Crippen LogP contribution in [-0.2, 0) is 14.3 Å². The lowest BCUT2D eigenvalue weighted by molar-refractivity contribution is -0.144. The van der Waals surface area contributed by atoms with Crippen LogP contribution in [0.15, 0.2) is 66.7 Å². The maximum absolute atomic E-state index is 12.1. The van der Waals surface area contributed by atoms with Gasteiger partial charge in [-0.05, 0) is 47.2 Å². The van der Waals surface area contributed by atoms with Crippen molar-refractivity contribution in [3.63, 3.8) is 0 Å². The van der Waals surface area contributed by atoms with E-state index in [2.05, 4.69) is 5.32 Å². The number of ketones is 1. The zero-order chi connectivity index (χ0) is 19.9. The van der Waals surface area contributed by atoms with Crippen LogP contribution in [0.25, 0.3) is 10.8 Å². The Kier molecular flexibility index (Phi) is 6.01. The number of benzene rings is 3. The van der Waals surface area contributed by atoms with E-state index in [1.807, 2.05) is 36.4 Å². The summed E-state index contributed by atoms with van der Waals surface area (Å²) in [6.45, 7) is 0.741. The summed E-state index contributed by atoms with van der Waals surface area (Å²) in [4.78, 5) is 34.9. The van der Waals surface area contributed by atoms with Crippen molar-refractivity contribution in [3.05, 3.63) is 72.3 Å². The summed E-state index contributed by atoms with van der Waals surface area (Å²) in [6, 6.07) is 19.7. The first-order valence-electron chi connectivity index (χ1n) is 8.69. The lowest BCUT2D eigenvalue weighted by Crippen LogP contribution is -2.19. The molecule has 3 aromatic rings. The van der Waals surface area contributed by atoms with E-state index in [0.717, 1.165) is 10.8 Å². The molecule has 0 saturated heterocycles. The Morgan fingerprint density at radius 3 is 2.29 bits per heavy atom. The summed E-state index contributed by atoms with van der Waals surface area (Å²) in [6.07, 6.45) is 0. The van der Waals surface area contributed by atoms with E-state index >= 15 is 0 Å². The fourth-order valence-corrected chi connectivity index (χ4v) is 2.61. The quantitative estimate of drug-likeness (QED) is 0.502. The second-order valence-corrected chi connectivity index (χ2v) is 6.14. The molecule has 0 heterocycles. The molecule has 0 aliphatic heterocycles. The molecule has 28 heavy (non-hydrogen) atoms. The maximum Gasteiger partial charge on any atom is 0.344 e. The van der Waals surface area contributed by atoms with Crippen molar-refractivity contribution in [3.8, 4) is 5.75 Å². The third-order valence-electron chi connectivity index (χ3n) is 3.97. The van der Waals surface area contributed by atoms with Gasteiger partial charge in [0.25, 0.3) is 0 Å². The van der Waals surface area contributed by atoms with Crippen LogP contribution in [0.4, 0.5) is 5.69 Å². The van der Waals surface area contributed by atoms with E-state index in [9.17, 15) is 14.4 Å². The van der Waals surface area contributed by atoms with Crippen molar-refractivity contribution in [2.45, 2.75) is 6.92 Å². The Labute approximate surface area is 162 Å². The summed E-state index contributed by atoms with van der Waals surface area (Å²) in [7, 11) is 0. The summed E-state index contributed by atoms with van der Waals surface area (Å²) < 4.78 is 10.4. The van der Waals surface area contributed by atoms with E-state index in [-0.39, 0.29) is 24.9 Å². The van der Waals surface area contributed by atoms with Crippen molar-refractivity contribution in [2.24, 2.45) is 0 Å². The molecule has 0 aromatic heterocycles. The normalized spacial score (nSPS) is 10.3. The number of nitrogens with one attached hydrogen (secondary N) is 1. The van der Waals surface area contributed by atoms with Crippen LogP contribution in [-0.4, -0.2) is 30.9 Å². The Bertz CT molecular complexity index is 1010. The highest BCUT2D eigenvalue weighted by Gasteiger charge is 2.11. The second-order valence-electron chi connectivity index (χ2n) is 6.14. The molecule has 0 spiro atoms. The molecule has 142 valence electrons. The summed E-state index contributed by atoms with van der Waals surface area (Å²) in [5.74, 6) is -0.611. The standard InChI is InChI=1S/C22H19NO5/c1-15(24)23-19-9-6-17(7-10-19)21(25)13-28-22(26)14-27-20-11-8-16-4-2-3-5-18(16)12-20/h2-12H,13-14H2,1H3,(H,23,24). The average Bonchev–Trinajstić information content (AvgIpc) is 2.70. The molecular weight excluding hydrogens is 358 g/mol. The molecule has 6 heteroatoms. The van der Waals surface area contributed by atoms with Gasteiger partial charge in [-0.25, -0.2) is 4.79 Å². The van der Waals surface area contributed by atoms with Gasteiger partial charge in [0.1, 0.15) is 5.75 Å². The van der Waals surface area contributed by atoms with Crippen molar-refractivity contribution >= 4 is 34.1 Å². The molecule has 0 aliphatic carbocycles. The predicted octanol–water partition coefficient (Wildman–Crippen LogP) is 3.60. The highest BCUT2D eigenvalue weighted by molar-refractivity contribution is 5.98. The molecule has 6 nitrogen and oxygen atoms in total. The highest BCUT2D eigenvalue weighted by Crippen LogP contribution is 2.20. The highest BCUT2D eigenvalue weighted by atomic mass is 16.6. The number of carbonyl (C=O) groups excluding carboxylic acids is 3. The number of Topliss-reactive ketones (excluding diaryl/α,β-unsaturated/α-hetero) is 1. The Balaban J connectivity index is 1.47. The van der Waals surface area contributed by atoms with Crippen LogP contribution in [0.1, 0.15) is 17.3 Å². The smallest absolute Gasteiger partial charge is 0.344 e. The SMILES string of the molecule is CC(=O)Nc1ccc(C(=O)COC(=O)COc2ccc3ccccc3c2)cc1. The van der Waals surface area contributed by atoms with Gasteiger partial charge in [0.05, 0.1) is 0 Å². The number of carbonyl (C=O) groups is 3. The summed E-state index contributed by atoms with van der Waals surface area (Å²) in [5.41, 5.74) is 0.974. The number of anilines is 1. The molecule has 0 unspecified atom stereocenters. The molecule has 0 saturated carbocycles. The molecule has 1 amide bonds. The van der Waals surface area contributed by atoms with Gasteiger partial charge in [-0.1, -0.05) is 30.3 Å². The van der Waals surface area contributed by atoms with Crippen LogP contribution >= 0.6 is 0 Å². The molecular formula is C22H19NO5. The number of rotatable bonds is 7. The number of hydrogen-bond donors (Lipinski definition) is 1. The first kappa shape index (κ1) is 19.1. The zero-order valence-electron chi connectivity index (χ0n) is 15.3. The van der Waals surface area contributed by atoms with E-state index in [4.69, 9.17) is 9.47 Å². The lowest BCUT2D eigenvalue weighted by Gasteiger charge is -2.08. The number of hydrogen-bond acceptors (Lipinski definition) is 5. The third kappa shape index (κ3) is 5.17. The fourth-order valence-electron chi connectivity index (χ4n) is 2.61. The minimum Gasteiger partial charge on any atom is -0.482 e. The third-order valence-corrected chi connectivity index (χ3v) is 3.97. The van der Waals surface area contributed by atoms with E-state index in [1.54, 1.807) is 30.3 Å². The molecule has 0 aliphatic rings. The van der Waals surface area contributed by atoms with E-state index in [0.29, 0.717) is 17.0 Å². The predicted molar refractivity (Wildman–Crippen MR) is 105 cm³/mol. The van der Waals surface area contributed by atoms with Gasteiger partial charge in [0, 0.05) is 18.2 Å². The Morgan fingerprint density at radius 1 is 0.857 bits per heavy atom. The average molecular weight is 377 g/mol. The molecule has 1 N–H and O–H groups in total. The molecule has 3 aromatic carbocycles. The second kappa shape index (κ2) is 8.81. The van der Waals surface area contributed by atoms with Gasteiger partial charge in [-0.2, -0.15) is 0 Å². The Morgan fingerprint density at radius 2 is 1.57 bits per heavy atom. The maximum atomic E-state index is 12.1. The topological polar surface area (TPSA) is 81.7 Å². The lowest BCUT2D eigenvalue weighted by atomic mass is 10.1. The van der Waals surface area contributed by atoms with Crippen molar-refractivity contribution in [2.75, 3.05) is 18.5 Å². The van der Waals surface area contributed by atoms with Crippen molar-refractivity contribution in [1.29, 1.82) is 0 Å². The van der Waals surface area contributed by atoms with Gasteiger partial charge >= 0.3 is 5.97 Å². The fraction of sp³-hybridized carbons (Fsp3) is 0.136. The summed E-state index contributed by atoms with van der Waals surface area (Å²) >= 11 is 0. The summed E-state index contributed by atoms with van der Waals surface area (Å²) in [5, 5.41) is 4.69. The minimum atomic E-state index is -0.628. The van der Waals surface area contributed by atoms with Crippen LogP contribution in [0.5, 0.6) is 5.75 Å². The van der Waals surface area contributed by atoms with Crippen LogP contribution in [0.3, 0.4) is 0 Å². The molecule has 0 fully saturated rings. The van der Waals surface area contributed by atoms with Gasteiger partial charge in [0.15, 0.2) is 19.0 Å². The van der Waals surface area contributed by atoms with Gasteiger partial charge < -0.3 is 14.8 Å². The van der Waals surface area contributed by atoms with Gasteiger partial charge in [-0.3, -0.25) is 9.59 Å². The molecule has 3 rings (SSSR count). The van der Waals surface area contributed by atoms with Crippen LogP contribution < -0.4 is 10.1 Å². The van der Waals surface area contributed by atoms with Gasteiger partial charge in [-0.15, -0.1) is 0 Å². The molecule has 0 radical (unpaired) electrons. The van der Waals surface area contributed by atoms with Gasteiger partial charge in [0.2, 0.25) is 5.91 Å². The van der Waals surface area contributed by atoms with Crippen LogP contribution in [0.2, 0.25) is 0 Å². The number of amides is 1.